The second-order valence-corrected chi connectivity index (χ2v) is 8.06. The van der Waals surface area contributed by atoms with Crippen LogP contribution in [-0.4, -0.2) is 112 Å². The molecule has 2 saturated heterocycles. The van der Waals surface area contributed by atoms with E-state index in [9.17, 15) is 39.6 Å². The highest BCUT2D eigenvalue weighted by molar-refractivity contribution is 5.68. The van der Waals surface area contributed by atoms with Gasteiger partial charge in [0.25, 0.3) is 0 Å². The molecule has 0 spiro atoms. The van der Waals surface area contributed by atoms with Crippen molar-refractivity contribution >= 4 is 23.9 Å². The smallest absolute Gasteiger partial charge is 0.303 e. The third-order valence-electron chi connectivity index (χ3n) is 5.27. The molecule has 0 aromatic heterocycles. The van der Waals surface area contributed by atoms with E-state index in [0.29, 0.717) is 0 Å². The minimum atomic E-state index is -2.50. The van der Waals surface area contributed by atoms with Crippen LogP contribution >= 0.6 is 0 Å². The van der Waals surface area contributed by atoms with E-state index in [-0.39, 0.29) is 0 Å². The Bertz CT molecular complexity index is 770. The van der Waals surface area contributed by atoms with Gasteiger partial charge in [-0.05, 0) is 0 Å². The second kappa shape index (κ2) is 11.4. The average molecular weight is 494 g/mol. The fourth-order valence-electron chi connectivity index (χ4n) is 3.97. The van der Waals surface area contributed by atoms with Gasteiger partial charge in [0.2, 0.25) is 0 Å². The normalized spacial score (nSPS) is 37.9. The number of aliphatic hydroxyl groups excluding tert-OH is 3. The van der Waals surface area contributed by atoms with Crippen LogP contribution in [0.4, 0.5) is 0 Å². The fourth-order valence-corrected chi connectivity index (χ4v) is 3.97. The minimum absolute atomic E-state index is 0.549. The number of carbonyl (C=O) groups excluding carboxylic acids is 4. The molecule has 2 heterocycles. The molecule has 0 radical (unpaired) electrons. The zero-order valence-corrected chi connectivity index (χ0v) is 19.1. The number of esters is 4. The third-order valence-corrected chi connectivity index (χ3v) is 5.27. The number of rotatable bonds is 7. The molecular weight excluding hydrogens is 464 g/mol. The average Bonchev–Trinajstić information content (AvgIpc) is 2.71. The first-order valence-corrected chi connectivity index (χ1v) is 10.5. The SMILES string of the molecule is CC(=O)OC[C@H]1O[C@](O)([C@@H]2O[C@@H](CO)[C@@H](O)[C@H](O)[C@H]2OC(C)=O)C[C@@H](OC(C)=O)[C@@H]1OC(C)=O. The van der Waals surface area contributed by atoms with Crippen LogP contribution in [0.15, 0.2) is 0 Å². The molecule has 2 fully saturated rings. The second-order valence-electron chi connectivity index (χ2n) is 8.06. The predicted octanol–water partition coefficient (Wildman–Crippen LogP) is -2.70. The van der Waals surface area contributed by atoms with Gasteiger partial charge in [0, 0.05) is 34.1 Å². The Morgan fingerprint density at radius 2 is 1.41 bits per heavy atom. The lowest BCUT2D eigenvalue weighted by Gasteiger charge is -2.51. The summed E-state index contributed by atoms with van der Waals surface area (Å²) in [5, 5.41) is 41.7. The van der Waals surface area contributed by atoms with Gasteiger partial charge in [0.1, 0.15) is 37.1 Å². The van der Waals surface area contributed by atoms with Crippen LogP contribution in [0.1, 0.15) is 34.1 Å². The van der Waals surface area contributed by atoms with E-state index in [0.717, 1.165) is 27.7 Å². The molecule has 0 unspecified atom stereocenters. The van der Waals surface area contributed by atoms with Gasteiger partial charge in [-0.15, -0.1) is 0 Å². The lowest BCUT2D eigenvalue weighted by Crippen LogP contribution is -2.70. The van der Waals surface area contributed by atoms with Crippen molar-refractivity contribution in [2.45, 2.75) is 88.7 Å². The summed E-state index contributed by atoms with van der Waals surface area (Å²) in [6, 6.07) is 0. The lowest BCUT2D eigenvalue weighted by molar-refractivity contribution is -0.377. The summed E-state index contributed by atoms with van der Waals surface area (Å²) >= 11 is 0. The Labute approximate surface area is 194 Å². The molecule has 0 amide bonds. The molecule has 0 aromatic rings. The molecule has 2 aliphatic heterocycles. The molecular formula is C20H30O14. The number of aliphatic hydroxyl groups is 4. The maximum absolute atomic E-state index is 11.7. The number of carbonyl (C=O) groups is 4. The van der Waals surface area contributed by atoms with Gasteiger partial charge < -0.3 is 48.8 Å². The summed E-state index contributed by atoms with van der Waals surface area (Å²) in [4.78, 5) is 46.4. The maximum atomic E-state index is 11.7. The van der Waals surface area contributed by atoms with Crippen molar-refractivity contribution in [2.75, 3.05) is 13.2 Å². The van der Waals surface area contributed by atoms with E-state index in [1.807, 2.05) is 0 Å². The Balaban J connectivity index is 2.49. The topological polar surface area (TPSA) is 205 Å². The van der Waals surface area contributed by atoms with Crippen LogP contribution in [0.3, 0.4) is 0 Å². The molecule has 2 rings (SSSR count). The zero-order chi connectivity index (χ0) is 25.8. The van der Waals surface area contributed by atoms with Crippen molar-refractivity contribution in [3.8, 4) is 0 Å². The van der Waals surface area contributed by atoms with Crippen molar-refractivity contribution in [1.29, 1.82) is 0 Å². The molecule has 14 nitrogen and oxygen atoms in total. The van der Waals surface area contributed by atoms with Crippen LogP contribution in [0.25, 0.3) is 0 Å². The van der Waals surface area contributed by atoms with E-state index in [2.05, 4.69) is 0 Å². The van der Waals surface area contributed by atoms with Gasteiger partial charge in [-0.2, -0.15) is 0 Å². The maximum Gasteiger partial charge on any atom is 0.303 e. The van der Waals surface area contributed by atoms with Gasteiger partial charge in [-0.25, -0.2) is 0 Å². The van der Waals surface area contributed by atoms with Crippen molar-refractivity contribution in [2.24, 2.45) is 0 Å². The number of hydrogen-bond acceptors (Lipinski definition) is 14. The van der Waals surface area contributed by atoms with E-state index in [1.54, 1.807) is 0 Å². The van der Waals surface area contributed by atoms with Gasteiger partial charge in [0.05, 0.1) is 6.61 Å². The van der Waals surface area contributed by atoms with Gasteiger partial charge in [0.15, 0.2) is 24.1 Å². The molecule has 0 aliphatic carbocycles. The Hall–Kier alpha value is -2.36. The summed E-state index contributed by atoms with van der Waals surface area (Å²) in [6.07, 6.45) is -13.0. The summed E-state index contributed by atoms with van der Waals surface area (Å²) in [5.41, 5.74) is 0. The van der Waals surface area contributed by atoms with Crippen LogP contribution in [-0.2, 0) is 47.6 Å². The van der Waals surface area contributed by atoms with Crippen LogP contribution in [0.2, 0.25) is 0 Å². The highest BCUT2D eigenvalue weighted by atomic mass is 16.7. The first kappa shape index (κ1) is 27.9. The summed E-state index contributed by atoms with van der Waals surface area (Å²) in [6.45, 7) is 2.94. The molecule has 14 heteroatoms. The van der Waals surface area contributed by atoms with Crippen LogP contribution in [0, 0.1) is 0 Å². The van der Waals surface area contributed by atoms with Crippen molar-refractivity contribution in [1.82, 2.24) is 0 Å². The first-order chi connectivity index (χ1) is 15.8. The van der Waals surface area contributed by atoms with Crippen molar-refractivity contribution in [3.63, 3.8) is 0 Å². The van der Waals surface area contributed by atoms with Gasteiger partial charge in [-0.3, -0.25) is 19.2 Å². The largest absolute Gasteiger partial charge is 0.463 e. The molecule has 9 atom stereocenters. The molecule has 0 saturated carbocycles. The summed E-state index contributed by atoms with van der Waals surface area (Å²) < 4.78 is 31.7. The predicted molar refractivity (Wildman–Crippen MR) is 105 cm³/mol. The number of ether oxygens (including phenoxy) is 6. The molecule has 4 N–H and O–H groups in total. The Morgan fingerprint density at radius 1 is 0.853 bits per heavy atom. The van der Waals surface area contributed by atoms with Crippen molar-refractivity contribution in [3.05, 3.63) is 0 Å². The van der Waals surface area contributed by atoms with E-state index >= 15 is 0 Å². The molecule has 0 bridgehead atoms. The quantitative estimate of drug-likeness (QED) is 0.210. The molecule has 0 aromatic carbocycles. The summed E-state index contributed by atoms with van der Waals surface area (Å²) in [5.74, 6) is -5.71. The van der Waals surface area contributed by atoms with Gasteiger partial charge in [-0.1, -0.05) is 0 Å². The zero-order valence-electron chi connectivity index (χ0n) is 19.1. The molecule has 34 heavy (non-hydrogen) atoms. The fraction of sp³-hybridized carbons (Fsp3) is 0.800. The lowest BCUT2D eigenvalue weighted by atomic mass is 9.84. The minimum Gasteiger partial charge on any atom is -0.463 e. The highest BCUT2D eigenvalue weighted by Gasteiger charge is 2.61. The van der Waals surface area contributed by atoms with Crippen LogP contribution in [0.5, 0.6) is 0 Å². The van der Waals surface area contributed by atoms with E-state index in [4.69, 9.17) is 28.4 Å². The third kappa shape index (κ3) is 6.61. The Kier molecular flexibility index (Phi) is 9.33. The van der Waals surface area contributed by atoms with E-state index in [1.165, 1.54) is 0 Å². The monoisotopic (exact) mass is 494 g/mol. The number of hydrogen-bond donors (Lipinski definition) is 4. The van der Waals surface area contributed by atoms with Crippen LogP contribution < -0.4 is 0 Å². The van der Waals surface area contributed by atoms with Gasteiger partial charge >= 0.3 is 23.9 Å². The molecule has 2 aliphatic rings. The van der Waals surface area contributed by atoms with E-state index < -0.39 is 98.1 Å². The highest BCUT2D eigenvalue weighted by Crippen LogP contribution is 2.40. The Morgan fingerprint density at radius 3 is 1.91 bits per heavy atom. The standard InChI is InChI=1S/C20H30O14/c1-8(22)29-7-14-17(31-10(3)24)12(30-9(2)23)5-20(28,34-14)19-18(32-11(4)25)16(27)15(26)13(6-21)33-19/h12-19,21,26-28H,5-7H2,1-4H3/t12-,13+,14-,15-,16+,17+,18-,19-,20+/m1/s1. The van der Waals surface area contributed by atoms with Crippen molar-refractivity contribution < 1.29 is 68.0 Å². The summed E-state index contributed by atoms with van der Waals surface area (Å²) in [7, 11) is 0. The molecule has 194 valence electrons. The first-order valence-electron chi connectivity index (χ1n) is 10.5.